The average molecular weight is 292 g/mol. The Balaban J connectivity index is 2.48. The lowest BCUT2D eigenvalue weighted by atomic mass is 10.1. The van der Waals surface area contributed by atoms with Crippen LogP contribution in [0.4, 0.5) is 0 Å². The molecule has 0 bridgehead atoms. The van der Waals surface area contributed by atoms with Crippen LogP contribution in [0.2, 0.25) is 0 Å². The van der Waals surface area contributed by atoms with Crippen LogP contribution in [-0.2, 0) is 11.2 Å². The van der Waals surface area contributed by atoms with Gasteiger partial charge >= 0.3 is 0 Å². The first-order chi connectivity index (χ1) is 9.55. The van der Waals surface area contributed by atoms with Gasteiger partial charge in [0.05, 0.1) is 24.9 Å². The highest BCUT2D eigenvalue weighted by atomic mass is 32.1. The van der Waals surface area contributed by atoms with Crippen molar-refractivity contribution in [3.63, 3.8) is 0 Å². The Morgan fingerprint density at radius 2 is 2.00 bits per heavy atom. The van der Waals surface area contributed by atoms with E-state index in [0.717, 1.165) is 10.6 Å². The molecule has 0 saturated heterocycles. The van der Waals surface area contributed by atoms with Gasteiger partial charge in [0.2, 0.25) is 0 Å². The molecule has 2 aromatic rings. The summed E-state index contributed by atoms with van der Waals surface area (Å²) in [4.78, 5) is 15.9. The first kappa shape index (κ1) is 14.3. The number of aromatic nitrogens is 1. The number of rotatable bonds is 5. The number of aliphatic carboxylic acids is 1. The first-order valence-corrected chi connectivity index (χ1v) is 6.75. The van der Waals surface area contributed by atoms with Crippen molar-refractivity contribution < 1.29 is 19.4 Å². The minimum Gasteiger partial charge on any atom is -0.550 e. The molecule has 0 saturated carbocycles. The third kappa shape index (κ3) is 2.91. The zero-order valence-electron chi connectivity index (χ0n) is 11.4. The Kier molecular flexibility index (Phi) is 4.24. The quantitative estimate of drug-likeness (QED) is 0.833. The number of carboxylic acid groups (broad SMARTS) is 1. The highest BCUT2D eigenvalue weighted by Gasteiger charge is 2.14. The van der Waals surface area contributed by atoms with E-state index in [2.05, 4.69) is 4.98 Å². The number of carbonyl (C=O) groups excluding carboxylic acids is 1. The molecule has 6 heteroatoms. The lowest BCUT2D eigenvalue weighted by Gasteiger charge is -2.09. The van der Waals surface area contributed by atoms with Gasteiger partial charge in [-0.25, -0.2) is 4.98 Å². The molecular formula is C14H14NO4S-. The number of ether oxygens (including phenoxy) is 2. The molecule has 0 fully saturated rings. The maximum Gasteiger partial charge on any atom is 0.161 e. The highest BCUT2D eigenvalue weighted by Crippen LogP contribution is 2.35. The smallest absolute Gasteiger partial charge is 0.161 e. The van der Waals surface area contributed by atoms with Gasteiger partial charge in [-0.15, -0.1) is 11.3 Å². The van der Waals surface area contributed by atoms with Crippen LogP contribution in [0.25, 0.3) is 11.3 Å². The fourth-order valence-corrected chi connectivity index (χ4v) is 2.87. The second kappa shape index (κ2) is 5.92. The SMILES string of the molecule is COc1ccc(-c2nc(C)sc2CC(=O)[O-])cc1OC. The molecule has 0 aliphatic carbocycles. The Morgan fingerprint density at radius 3 is 2.60 bits per heavy atom. The first-order valence-electron chi connectivity index (χ1n) is 5.93. The molecule has 5 nitrogen and oxygen atoms in total. The van der Waals surface area contributed by atoms with E-state index in [9.17, 15) is 9.90 Å². The van der Waals surface area contributed by atoms with Crippen LogP contribution in [-0.4, -0.2) is 25.2 Å². The van der Waals surface area contributed by atoms with Crippen molar-refractivity contribution in [1.29, 1.82) is 0 Å². The van der Waals surface area contributed by atoms with Crippen LogP contribution in [0.1, 0.15) is 9.88 Å². The number of nitrogens with zero attached hydrogens (tertiary/aromatic N) is 1. The largest absolute Gasteiger partial charge is 0.550 e. The lowest BCUT2D eigenvalue weighted by Crippen LogP contribution is -2.24. The van der Waals surface area contributed by atoms with Gasteiger partial charge < -0.3 is 19.4 Å². The third-order valence-corrected chi connectivity index (χ3v) is 3.74. The molecule has 0 radical (unpaired) electrons. The maximum absolute atomic E-state index is 10.8. The van der Waals surface area contributed by atoms with E-state index in [4.69, 9.17) is 9.47 Å². The van der Waals surface area contributed by atoms with Gasteiger partial charge in [0, 0.05) is 22.8 Å². The predicted molar refractivity (Wildman–Crippen MR) is 74.1 cm³/mol. The molecule has 20 heavy (non-hydrogen) atoms. The highest BCUT2D eigenvalue weighted by molar-refractivity contribution is 7.12. The summed E-state index contributed by atoms with van der Waals surface area (Å²) in [5.74, 6) is 0.0788. The van der Waals surface area contributed by atoms with Crippen LogP contribution >= 0.6 is 11.3 Å². The summed E-state index contributed by atoms with van der Waals surface area (Å²) in [6.07, 6.45) is -0.144. The number of hydrogen-bond donors (Lipinski definition) is 0. The zero-order valence-corrected chi connectivity index (χ0v) is 12.2. The number of carbonyl (C=O) groups is 1. The van der Waals surface area contributed by atoms with E-state index in [1.54, 1.807) is 26.4 Å². The average Bonchev–Trinajstić information content (AvgIpc) is 2.77. The van der Waals surface area contributed by atoms with Crippen molar-refractivity contribution >= 4 is 17.3 Å². The Hall–Kier alpha value is -2.08. The molecule has 1 aromatic carbocycles. The number of thiazole rings is 1. The molecule has 1 aromatic heterocycles. The van der Waals surface area contributed by atoms with Gasteiger partial charge in [-0.2, -0.15) is 0 Å². The second-order valence-electron chi connectivity index (χ2n) is 4.12. The number of hydrogen-bond acceptors (Lipinski definition) is 6. The van der Waals surface area contributed by atoms with Gasteiger partial charge in [0.15, 0.2) is 11.5 Å². The van der Waals surface area contributed by atoms with Crippen molar-refractivity contribution in [3.8, 4) is 22.8 Å². The number of carboxylic acids is 1. The Bertz CT molecular complexity index is 636. The molecule has 0 aliphatic heterocycles. The minimum absolute atomic E-state index is 0.144. The normalized spacial score (nSPS) is 10.3. The summed E-state index contributed by atoms with van der Waals surface area (Å²) in [6, 6.07) is 5.38. The van der Waals surface area contributed by atoms with Crippen molar-refractivity contribution in [3.05, 3.63) is 28.1 Å². The van der Waals surface area contributed by atoms with Crippen LogP contribution in [0, 0.1) is 6.92 Å². The number of aryl methyl sites for hydroxylation is 1. The van der Waals surface area contributed by atoms with Gasteiger partial charge in [0.1, 0.15) is 0 Å². The van der Waals surface area contributed by atoms with Crippen molar-refractivity contribution in [2.75, 3.05) is 14.2 Å². The fraction of sp³-hybridized carbons (Fsp3) is 0.286. The summed E-state index contributed by atoms with van der Waals surface area (Å²) >= 11 is 1.36. The topological polar surface area (TPSA) is 71.5 Å². The Labute approximate surface area is 120 Å². The van der Waals surface area contributed by atoms with Crippen molar-refractivity contribution in [1.82, 2.24) is 4.98 Å². The van der Waals surface area contributed by atoms with E-state index in [-0.39, 0.29) is 6.42 Å². The van der Waals surface area contributed by atoms with E-state index >= 15 is 0 Å². The maximum atomic E-state index is 10.8. The summed E-state index contributed by atoms with van der Waals surface area (Å²) in [6.45, 7) is 1.84. The molecule has 0 N–H and O–H groups in total. The molecular weight excluding hydrogens is 278 g/mol. The zero-order chi connectivity index (χ0) is 14.7. The number of benzene rings is 1. The van der Waals surface area contributed by atoms with E-state index in [1.165, 1.54) is 11.3 Å². The molecule has 0 amide bonds. The van der Waals surface area contributed by atoms with Gasteiger partial charge in [0.25, 0.3) is 0 Å². The van der Waals surface area contributed by atoms with E-state index < -0.39 is 5.97 Å². The standard InChI is InChI=1S/C14H15NO4S/c1-8-15-14(12(20-8)7-13(16)17)9-4-5-10(18-2)11(6-9)19-3/h4-6H,7H2,1-3H3,(H,16,17)/p-1. The van der Waals surface area contributed by atoms with Crippen molar-refractivity contribution in [2.45, 2.75) is 13.3 Å². The van der Waals surface area contributed by atoms with Crippen LogP contribution < -0.4 is 14.6 Å². The van der Waals surface area contributed by atoms with Gasteiger partial charge in [-0.3, -0.25) is 0 Å². The molecule has 0 unspecified atom stereocenters. The summed E-state index contributed by atoms with van der Waals surface area (Å²) in [5.41, 5.74) is 1.45. The van der Waals surface area contributed by atoms with Crippen LogP contribution in [0.5, 0.6) is 11.5 Å². The van der Waals surface area contributed by atoms with Crippen molar-refractivity contribution in [2.24, 2.45) is 0 Å². The summed E-state index contributed by atoms with van der Waals surface area (Å²) in [5, 5.41) is 11.6. The Morgan fingerprint density at radius 1 is 1.30 bits per heavy atom. The summed E-state index contributed by atoms with van der Waals surface area (Å²) < 4.78 is 10.4. The molecule has 0 atom stereocenters. The van der Waals surface area contributed by atoms with E-state index in [0.29, 0.717) is 22.1 Å². The minimum atomic E-state index is -1.12. The van der Waals surface area contributed by atoms with E-state index in [1.807, 2.05) is 13.0 Å². The fourth-order valence-electron chi connectivity index (χ4n) is 1.93. The molecule has 0 spiro atoms. The number of methoxy groups -OCH3 is 2. The van der Waals surface area contributed by atoms with Gasteiger partial charge in [-0.05, 0) is 25.1 Å². The molecule has 1 heterocycles. The second-order valence-corrected chi connectivity index (χ2v) is 5.41. The monoisotopic (exact) mass is 292 g/mol. The van der Waals surface area contributed by atoms with Crippen LogP contribution in [0.3, 0.4) is 0 Å². The predicted octanol–water partition coefficient (Wildman–Crippen LogP) is 1.43. The molecule has 106 valence electrons. The molecule has 0 aliphatic rings. The third-order valence-electron chi connectivity index (χ3n) is 2.77. The van der Waals surface area contributed by atoms with Gasteiger partial charge in [-0.1, -0.05) is 0 Å². The lowest BCUT2D eigenvalue weighted by molar-refractivity contribution is -0.304. The molecule has 2 rings (SSSR count). The van der Waals surface area contributed by atoms with Crippen LogP contribution in [0.15, 0.2) is 18.2 Å². The summed E-state index contributed by atoms with van der Waals surface area (Å²) in [7, 11) is 3.11.